The van der Waals surface area contributed by atoms with Gasteiger partial charge in [-0.15, -0.1) is 0 Å². The number of hydrogen-bond acceptors (Lipinski definition) is 5. The van der Waals surface area contributed by atoms with Crippen molar-refractivity contribution in [1.29, 1.82) is 0 Å². The van der Waals surface area contributed by atoms with Crippen LogP contribution in [0.15, 0.2) is 6.07 Å². The summed E-state index contributed by atoms with van der Waals surface area (Å²) in [7, 11) is 1.40. The highest BCUT2D eigenvalue weighted by Gasteiger charge is 2.52. The summed E-state index contributed by atoms with van der Waals surface area (Å²) in [5.74, 6) is -3.74. The molecule has 21 heavy (non-hydrogen) atoms. The maximum Gasteiger partial charge on any atom is 0.394 e. The molecule has 1 aliphatic rings. The van der Waals surface area contributed by atoms with Crippen molar-refractivity contribution in [3.05, 3.63) is 11.8 Å². The number of methoxy groups -OCH3 is 1. The molecule has 0 aromatic carbocycles. The first-order chi connectivity index (χ1) is 9.72. The van der Waals surface area contributed by atoms with E-state index in [1.165, 1.54) is 12.0 Å². The van der Waals surface area contributed by atoms with Gasteiger partial charge in [0.25, 0.3) is 0 Å². The van der Waals surface area contributed by atoms with Crippen LogP contribution < -0.4 is 15.4 Å². The second kappa shape index (κ2) is 5.38. The second-order valence-electron chi connectivity index (χ2n) is 4.91. The van der Waals surface area contributed by atoms with Crippen molar-refractivity contribution in [2.75, 3.05) is 25.1 Å². The largest absolute Gasteiger partial charge is 0.481 e. The number of anilines is 1. The standard InChI is InChI=1S/C12H15F3N4O2/c1-6-3-9(21-2)18-11(17-6)19-4-7(10(16)20)8(5-19)12(13,14)15/h3,7-8H,4-5H2,1-2H3,(H2,16,20)/t7-,8-/m1/s1. The molecule has 1 aromatic rings. The molecular formula is C12H15F3N4O2. The van der Waals surface area contributed by atoms with Gasteiger partial charge in [-0.1, -0.05) is 0 Å². The highest BCUT2D eigenvalue weighted by molar-refractivity contribution is 5.78. The Hall–Kier alpha value is -2.06. The Balaban J connectivity index is 2.30. The minimum Gasteiger partial charge on any atom is -0.481 e. The highest BCUT2D eigenvalue weighted by Crippen LogP contribution is 2.38. The molecule has 116 valence electrons. The molecule has 9 heteroatoms. The van der Waals surface area contributed by atoms with Gasteiger partial charge in [0.1, 0.15) is 0 Å². The Kier molecular flexibility index (Phi) is 3.93. The van der Waals surface area contributed by atoms with Crippen LogP contribution in [-0.4, -0.2) is 42.3 Å². The summed E-state index contributed by atoms with van der Waals surface area (Å²) in [6, 6.07) is 1.56. The van der Waals surface area contributed by atoms with Crippen LogP contribution in [0, 0.1) is 18.8 Å². The molecule has 0 saturated carbocycles. The van der Waals surface area contributed by atoms with Crippen LogP contribution in [0.3, 0.4) is 0 Å². The van der Waals surface area contributed by atoms with E-state index in [-0.39, 0.29) is 18.4 Å². The number of hydrogen-bond donors (Lipinski definition) is 1. The van der Waals surface area contributed by atoms with Gasteiger partial charge in [-0.05, 0) is 6.92 Å². The average Bonchev–Trinajstić information content (AvgIpc) is 2.83. The molecule has 0 aliphatic carbocycles. The molecule has 0 unspecified atom stereocenters. The Morgan fingerprint density at radius 3 is 2.57 bits per heavy atom. The van der Waals surface area contributed by atoms with Crippen LogP contribution >= 0.6 is 0 Å². The molecule has 0 radical (unpaired) electrons. The second-order valence-corrected chi connectivity index (χ2v) is 4.91. The molecule has 1 aromatic heterocycles. The van der Waals surface area contributed by atoms with Gasteiger partial charge in [0.05, 0.1) is 18.9 Å². The van der Waals surface area contributed by atoms with Crippen molar-refractivity contribution < 1.29 is 22.7 Å². The number of aromatic nitrogens is 2. The average molecular weight is 304 g/mol. The van der Waals surface area contributed by atoms with Gasteiger partial charge >= 0.3 is 6.18 Å². The predicted octanol–water partition coefficient (Wildman–Crippen LogP) is 0.894. The maximum atomic E-state index is 13.0. The number of carbonyl (C=O) groups excluding carboxylic acids is 1. The number of nitrogens with two attached hydrogens (primary N) is 1. The molecule has 0 spiro atoms. The molecule has 1 amide bonds. The lowest BCUT2D eigenvalue weighted by Crippen LogP contribution is -2.37. The molecular weight excluding hydrogens is 289 g/mol. The number of aryl methyl sites for hydroxylation is 1. The van der Waals surface area contributed by atoms with Crippen LogP contribution in [0.25, 0.3) is 0 Å². The predicted molar refractivity (Wildman–Crippen MR) is 67.8 cm³/mol. The minimum absolute atomic E-state index is 0.102. The first-order valence-corrected chi connectivity index (χ1v) is 6.23. The van der Waals surface area contributed by atoms with E-state index in [0.717, 1.165) is 0 Å². The number of rotatable bonds is 3. The fourth-order valence-electron chi connectivity index (χ4n) is 2.36. The van der Waals surface area contributed by atoms with Gasteiger partial charge in [-0.2, -0.15) is 18.2 Å². The van der Waals surface area contributed by atoms with Gasteiger partial charge in [0, 0.05) is 24.8 Å². The van der Waals surface area contributed by atoms with E-state index in [1.54, 1.807) is 13.0 Å². The maximum absolute atomic E-state index is 13.0. The minimum atomic E-state index is -4.50. The van der Waals surface area contributed by atoms with Crippen molar-refractivity contribution in [2.24, 2.45) is 17.6 Å². The summed E-state index contributed by atoms with van der Waals surface area (Å²) in [4.78, 5) is 20.7. The number of amides is 1. The van der Waals surface area contributed by atoms with Gasteiger partial charge in [-0.3, -0.25) is 4.79 Å². The smallest absolute Gasteiger partial charge is 0.394 e. The van der Waals surface area contributed by atoms with Crippen LogP contribution in [0.5, 0.6) is 5.88 Å². The molecule has 1 fully saturated rings. The highest BCUT2D eigenvalue weighted by atomic mass is 19.4. The topological polar surface area (TPSA) is 81.3 Å². The van der Waals surface area contributed by atoms with Crippen LogP contribution in [-0.2, 0) is 4.79 Å². The molecule has 2 N–H and O–H groups in total. The molecule has 2 heterocycles. The number of alkyl halides is 3. The van der Waals surface area contributed by atoms with Gasteiger partial charge in [0.15, 0.2) is 0 Å². The Bertz CT molecular complexity index is 550. The zero-order valence-corrected chi connectivity index (χ0v) is 11.5. The molecule has 1 saturated heterocycles. The van der Waals surface area contributed by atoms with Crippen LogP contribution in [0.2, 0.25) is 0 Å². The Morgan fingerprint density at radius 1 is 1.43 bits per heavy atom. The summed E-state index contributed by atoms with van der Waals surface area (Å²) in [5.41, 5.74) is 5.64. The van der Waals surface area contributed by atoms with Gasteiger partial charge < -0.3 is 15.4 Å². The molecule has 0 bridgehead atoms. The van der Waals surface area contributed by atoms with Crippen molar-refractivity contribution >= 4 is 11.9 Å². The Labute approximate surface area is 119 Å². The van der Waals surface area contributed by atoms with E-state index in [4.69, 9.17) is 10.5 Å². The van der Waals surface area contributed by atoms with E-state index in [2.05, 4.69) is 9.97 Å². The third-order valence-corrected chi connectivity index (χ3v) is 3.42. The monoisotopic (exact) mass is 304 g/mol. The van der Waals surface area contributed by atoms with E-state index < -0.39 is 30.5 Å². The lowest BCUT2D eigenvalue weighted by Gasteiger charge is -2.19. The van der Waals surface area contributed by atoms with E-state index >= 15 is 0 Å². The van der Waals surface area contributed by atoms with E-state index in [0.29, 0.717) is 5.69 Å². The summed E-state index contributed by atoms with van der Waals surface area (Å²) in [6.07, 6.45) is -4.50. The van der Waals surface area contributed by atoms with Gasteiger partial charge in [0.2, 0.25) is 17.7 Å². The van der Waals surface area contributed by atoms with Crippen molar-refractivity contribution in [2.45, 2.75) is 13.1 Å². The summed E-state index contributed by atoms with van der Waals surface area (Å²) < 4.78 is 43.9. The zero-order valence-electron chi connectivity index (χ0n) is 11.5. The summed E-state index contributed by atoms with van der Waals surface area (Å²) in [5, 5.41) is 0. The fourth-order valence-corrected chi connectivity index (χ4v) is 2.36. The number of halogens is 3. The quantitative estimate of drug-likeness (QED) is 0.897. The first-order valence-electron chi connectivity index (χ1n) is 6.23. The van der Waals surface area contributed by atoms with Crippen LogP contribution in [0.1, 0.15) is 5.69 Å². The zero-order chi connectivity index (χ0) is 15.8. The first kappa shape index (κ1) is 15.3. The molecule has 6 nitrogen and oxygen atoms in total. The number of carbonyl (C=O) groups is 1. The van der Waals surface area contributed by atoms with Crippen molar-refractivity contribution in [3.8, 4) is 5.88 Å². The molecule has 2 rings (SSSR count). The van der Waals surface area contributed by atoms with Crippen molar-refractivity contribution in [3.63, 3.8) is 0 Å². The third kappa shape index (κ3) is 3.17. The third-order valence-electron chi connectivity index (χ3n) is 3.42. The number of nitrogens with zero attached hydrogens (tertiary/aromatic N) is 3. The number of primary amides is 1. The van der Waals surface area contributed by atoms with Crippen LogP contribution in [0.4, 0.5) is 19.1 Å². The van der Waals surface area contributed by atoms with Gasteiger partial charge in [-0.25, -0.2) is 4.98 Å². The normalized spacial score (nSPS) is 22.4. The lowest BCUT2D eigenvalue weighted by molar-refractivity contribution is -0.181. The fraction of sp³-hybridized carbons (Fsp3) is 0.583. The summed E-state index contributed by atoms with van der Waals surface area (Å²) in [6.45, 7) is 1.12. The molecule has 2 atom stereocenters. The SMILES string of the molecule is COc1cc(C)nc(N2C[C@@H](C(F)(F)F)[C@H](C(N)=O)C2)n1. The molecule has 1 aliphatic heterocycles. The van der Waals surface area contributed by atoms with Crippen molar-refractivity contribution in [1.82, 2.24) is 9.97 Å². The van der Waals surface area contributed by atoms with E-state index in [1.807, 2.05) is 0 Å². The number of ether oxygens (including phenoxy) is 1. The lowest BCUT2D eigenvalue weighted by atomic mass is 9.95. The Morgan fingerprint density at radius 2 is 2.10 bits per heavy atom. The van der Waals surface area contributed by atoms with E-state index in [9.17, 15) is 18.0 Å². The summed E-state index contributed by atoms with van der Waals surface area (Å²) >= 11 is 0.